The Bertz CT molecular complexity index is 594. The lowest BCUT2D eigenvalue weighted by atomic mass is 9.92. The number of nitrogens with zero attached hydrogens (tertiary/aromatic N) is 2. The first-order valence-electron chi connectivity index (χ1n) is 6.21. The molecule has 0 amide bonds. The second-order valence-electron chi connectivity index (χ2n) is 5.67. The molecular weight excluding hydrogens is 335 g/mol. The van der Waals surface area contributed by atoms with Crippen LogP contribution in [0.15, 0.2) is 18.3 Å². The molecule has 98 valence electrons. The van der Waals surface area contributed by atoms with Crippen LogP contribution in [0.25, 0.3) is 10.9 Å². The molecule has 0 aliphatic heterocycles. The predicted octanol–water partition coefficient (Wildman–Crippen LogP) is 4.31. The lowest BCUT2D eigenvalue weighted by Gasteiger charge is -2.30. The van der Waals surface area contributed by atoms with Crippen molar-refractivity contribution in [2.45, 2.75) is 33.2 Å². The van der Waals surface area contributed by atoms with Crippen LogP contribution in [0, 0.1) is 13.8 Å². The highest BCUT2D eigenvalue weighted by Gasteiger charge is 2.28. The van der Waals surface area contributed by atoms with Crippen LogP contribution in [-0.2, 0) is 12.6 Å². The van der Waals surface area contributed by atoms with Gasteiger partial charge in [-0.3, -0.25) is 0 Å². The van der Waals surface area contributed by atoms with Crippen molar-refractivity contribution in [3.63, 3.8) is 0 Å². The van der Waals surface area contributed by atoms with E-state index in [0.717, 1.165) is 0 Å². The molecule has 2 aromatic rings. The van der Waals surface area contributed by atoms with Crippen molar-refractivity contribution in [1.82, 2.24) is 7.68 Å². The maximum absolute atomic E-state index is 2.37. The Labute approximate surface area is 123 Å². The van der Waals surface area contributed by atoms with Crippen molar-refractivity contribution in [2.24, 2.45) is 7.05 Å². The summed E-state index contributed by atoms with van der Waals surface area (Å²) in [6.07, 6.45) is 2.27. The van der Waals surface area contributed by atoms with Crippen LogP contribution in [0.2, 0.25) is 0 Å². The van der Waals surface area contributed by atoms with E-state index in [9.17, 15) is 0 Å². The van der Waals surface area contributed by atoms with Crippen LogP contribution in [-0.4, -0.2) is 14.7 Å². The molecule has 0 aliphatic rings. The molecule has 0 radical (unpaired) electrons. The van der Waals surface area contributed by atoms with Crippen molar-refractivity contribution in [1.29, 1.82) is 0 Å². The predicted molar refractivity (Wildman–Crippen MR) is 87.2 cm³/mol. The van der Waals surface area contributed by atoms with Gasteiger partial charge in [-0.15, -0.1) is 0 Å². The summed E-state index contributed by atoms with van der Waals surface area (Å²) in [5, 5.41) is 1.40. The molecule has 0 fully saturated rings. The van der Waals surface area contributed by atoms with Crippen LogP contribution in [0.5, 0.6) is 0 Å². The summed E-state index contributed by atoms with van der Waals surface area (Å²) in [5.74, 6) is 0. The Morgan fingerprint density at radius 1 is 1.22 bits per heavy atom. The lowest BCUT2D eigenvalue weighted by Crippen LogP contribution is -2.30. The summed E-state index contributed by atoms with van der Waals surface area (Å²) in [4.78, 5) is 0. The number of hydrogen-bond donors (Lipinski definition) is 0. The van der Waals surface area contributed by atoms with Gasteiger partial charge in [0.1, 0.15) is 0 Å². The Hall–Kier alpha value is -0.550. The third kappa shape index (κ3) is 2.07. The molecule has 2 rings (SSSR count). The zero-order chi connectivity index (χ0) is 13.7. The molecule has 1 aromatic carbocycles. The van der Waals surface area contributed by atoms with E-state index in [0.29, 0.717) is 0 Å². The minimum atomic E-state index is 0.0279. The van der Waals surface area contributed by atoms with Crippen LogP contribution >= 0.6 is 22.9 Å². The van der Waals surface area contributed by atoms with Gasteiger partial charge < -0.3 is 4.57 Å². The first-order valence-corrected chi connectivity index (χ1v) is 7.18. The van der Waals surface area contributed by atoms with Crippen LogP contribution in [0.3, 0.4) is 0 Å². The molecule has 0 unspecified atom stereocenters. The molecule has 2 nitrogen and oxygen atoms in total. The van der Waals surface area contributed by atoms with E-state index in [2.05, 4.69) is 90.7 Å². The van der Waals surface area contributed by atoms with Crippen molar-refractivity contribution in [3.8, 4) is 0 Å². The molecule has 1 heterocycles. The van der Waals surface area contributed by atoms with Gasteiger partial charge in [0.2, 0.25) is 0 Å². The van der Waals surface area contributed by atoms with Gasteiger partial charge in [0, 0.05) is 47.0 Å². The number of hydrogen-bond acceptors (Lipinski definition) is 1. The largest absolute Gasteiger partial charge is 0.350 e. The normalized spacial score (nSPS) is 12.7. The number of fused-ring (bicyclic) bond motifs is 1. The van der Waals surface area contributed by atoms with Gasteiger partial charge in [-0.25, -0.2) is 3.11 Å². The van der Waals surface area contributed by atoms with Gasteiger partial charge in [-0.05, 0) is 57.5 Å². The zero-order valence-electron chi connectivity index (χ0n) is 12.0. The molecular formula is C15H21IN2. The van der Waals surface area contributed by atoms with Gasteiger partial charge in [-0.2, -0.15) is 0 Å². The van der Waals surface area contributed by atoms with E-state index in [1.165, 1.54) is 27.6 Å². The first-order chi connectivity index (χ1) is 8.25. The molecule has 3 heteroatoms. The fourth-order valence-corrected chi connectivity index (χ4v) is 2.79. The van der Waals surface area contributed by atoms with Crippen molar-refractivity contribution in [3.05, 3.63) is 35.0 Å². The third-order valence-corrected chi connectivity index (χ3v) is 5.07. The average Bonchev–Trinajstić information content (AvgIpc) is 2.57. The number of rotatable bonds is 2. The zero-order valence-corrected chi connectivity index (χ0v) is 14.2. The van der Waals surface area contributed by atoms with Gasteiger partial charge >= 0.3 is 0 Å². The van der Waals surface area contributed by atoms with Crippen LogP contribution < -0.4 is 0 Å². The molecule has 0 spiro atoms. The molecule has 0 N–H and O–H groups in total. The fraction of sp³-hybridized carbons (Fsp3) is 0.467. The number of benzene rings is 1. The number of aryl methyl sites for hydroxylation is 3. The summed E-state index contributed by atoms with van der Waals surface area (Å²) >= 11 is 2.37. The Morgan fingerprint density at radius 2 is 1.83 bits per heavy atom. The summed E-state index contributed by atoms with van der Waals surface area (Å²) in [7, 11) is 4.26. The molecule has 0 atom stereocenters. The summed E-state index contributed by atoms with van der Waals surface area (Å²) in [6, 6.07) is 4.55. The highest BCUT2D eigenvalue weighted by Crippen LogP contribution is 2.37. The van der Waals surface area contributed by atoms with Gasteiger partial charge in [-0.1, -0.05) is 6.07 Å². The Balaban J connectivity index is 2.82. The topological polar surface area (TPSA) is 8.17 Å². The van der Waals surface area contributed by atoms with Crippen molar-refractivity contribution >= 4 is 33.8 Å². The first kappa shape index (κ1) is 13.9. The quantitative estimate of drug-likeness (QED) is 0.575. The minimum Gasteiger partial charge on any atom is -0.350 e. The second-order valence-corrected chi connectivity index (χ2v) is 7.11. The minimum absolute atomic E-state index is 0.0279. The summed E-state index contributed by atoms with van der Waals surface area (Å²) < 4.78 is 4.49. The highest BCUT2D eigenvalue weighted by molar-refractivity contribution is 14.1. The monoisotopic (exact) mass is 356 g/mol. The van der Waals surface area contributed by atoms with Crippen LogP contribution in [0.1, 0.15) is 30.5 Å². The second kappa shape index (κ2) is 4.53. The SMILES string of the molecule is Cc1cc(C)c2c(C(C)(C)N(C)I)cn(C)c2c1. The van der Waals surface area contributed by atoms with E-state index in [-0.39, 0.29) is 5.54 Å². The van der Waals surface area contributed by atoms with E-state index in [4.69, 9.17) is 0 Å². The average molecular weight is 356 g/mol. The summed E-state index contributed by atoms with van der Waals surface area (Å²) in [6.45, 7) is 8.91. The van der Waals surface area contributed by atoms with Crippen molar-refractivity contribution in [2.75, 3.05) is 7.05 Å². The fourth-order valence-electron chi connectivity index (χ4n) is 2.53. The van der Waals surface area contributed by atoms with E-state index >= 15 is 0 Å². The molecule has 18 heavy (non-hydrogen) atoms. The molecule has 0 bridgehead atoms. The molecule has 0 saturated carbocycles. The van der Waals surface area contributed by atoms with Gasteiger partial charge in [0.05, 0.1) is 5.54 Å². The van der Waals surface area contributed by atoms with E-state index in [1.807, 2.05) is 0 Å². The van der Waals surface area contributed by atoms with E-state index < -0.39 is 0 Å². The van der Waals surface area contributed by atoms with Gasteiger partial charge in [0.25, 0.3) is 0 Å². The van der Waals surface area contributed by atoms with E-state index in [1.54, 1.807) is 0 Å². The molecule has 0 aliphatic carbocycles. The number of halogens is 1. The van der Waals surface area contributed by atoms with Gasteiger partial charge in [0.15, 0.2) is 0 Å². The van der Waals surface area contributed by atoms with Crippen LogP contribution in [0.4, 0.5) is 0 Å². The maximum Gasteiger partial charge on any atom is 0.0515 e. The number of aromatic nitrogens is 1. The van der Waals surface area contributed by atoms with Crippen molar-refractivity contribution < 1.29 is 0 Å². The Kier molecular flexibility index (Phi) is 3.49. The molecule has 1 aromatic heterocycles. The lowest BCUT2D eigenvalue weighted by molar-refractivity contribution is 0.325. The third-order valence-electron chi connectivity index (χ3n) is 3.86. The smallest absolute Gasteiger partial charge is 0.0515 e. The Morgan fingerprint density at radius 3 is 2.39 bits per heavy atom. The molecule has 0 saturated heterocycles. The maximum atomic E-state index is 2.37. The highest BCUT2D eigenvalue weighted by atomic mass is 127. The standard InChI is InChI=1S/C15H21IN2/c1-10-7-11(2)14-12(15(3,4)18(6)16)9-17(5)13(14)8-10/h7-9H,1-6H3. The summed E-state index contributed by atoms with van der Waals surface area (Å²) in [5.41, 5.74) is 5.45.